The molecule has 152 valence electrons. The molecule has 0 aliphatic heterocycles. The van der Waals surface area contributed by atoms with Crippen LogP contribution in [0.5, 0.6) is 0 Å². The van der Waals surface area contributed by atoms with E-state index >= 15 is 0 Å². The minimum atomic E-state index is -1.53. The molecule has 0 radical (unpaired) electrons. The van der Waals surface area contributed by atoms with Crippen LogP contribution >= 0.6 is 0 Å². The van der Waals surface area contributed by atoms with Crippen molar-refractivity contribution in [3.8, 4) is 22.3 Å². The molecule has 2 N–H and O–H groups in total. The zero-order valence-electron chi connectivity index (χ0n) is 17.8. The maximum atomic E-state index is 10.1. The van der Waals surface area contributed by atoms with Crippen LogP contribution in [0.1, 0.15) is 13.8 Å². The highest BCUT2D eigenvalue weighted by Gasteiger charge is 2.22. The Labute approximate surface area is 183 Å². The van der Waals surface area contributed by atoms with E-state index in [-0.39, 0.29) is 0 Å². The van der Waals surface area contributed by atoms with Crippen LogP contribution in [-0.2, 0) is 0 Å². The van der Waals surface area contributed by atoms with Gasteiger partial charge in [0.25, 0.3) is 0 Å². The molecule has 2 nitrogen and oxygen atoms in total. The third-order valence-electron chi connectivity index (χ3n) is 5.49. The molecule has 0 aliphatic carbocycles. The van der Waals surface area contributed by atoms with E-state index in [1.807, 2.05) is 68.4 Å². The molecule has 3 heteroatoms. The maximum absolute atomic E-state index is 10.1. The molecule has 0 aromatic heterocycles. The van der Waals surface area contributed by atoms with Crippen LogP contribution in [0, 0.1) is 0 Å². The van der Waals surface area contributed by atoms with E-state index in [1.165, 1.54) is 5.56 Å². The first-order valence-electron chi connectivity index (χ1n) is 10.7. The van der Waals surface area contributed by atoms with E-state index in [9.17, 15) is 10.0 Å². The summed E-state index contributed by atoms with van der Waals surface area (Å²) in [6.45, 7) is 4.00. The normalized spacial score (nSPS) is 10.6. The molecule has 0 amide bonds. The van der Waals surface area contributed by atoms with Gasteiger partial charge in [-0.3, -0.25) is 0 Å². The van der Waals surface area contributed by atoms with Crippen LogP contribution in [0.3, 0.4) is 0 Å². The van der Waals surface area contributed by atoms with Crippen molar-refractivity contribution in [2.24, 2.45) is 0 Å². The lowest BCUT2D eigenvalue weighted by molar-refractivity contribution is 0.426. The van der Waals surface area contributed by atoms with E-state index in [0.29, 0.717) is 5.46 Å². The van der Waals surface area contributed by atoms with Crippen LogP contribution in [0.25, 0.3) is 43.8 Å². The molecule has 0 fully saturated rings. The Morgan fingerprint density at radius 3 is 1.48 bits per heavy atom. The van der Waals surface area contributed by atoms with Crippen molar-refractivity contribution in [1.29, 1.82) is 0 Å². The summed E-state index contributed by atoms with van der Waals surface area (Å²) in [5.41, 5.74) is 5.10. The summed E-state index contributed by atoms with van der Waals surface area (Å²) in [7, 11) is -1.53. The highest BCUT2D eigenvalue weighted by atomic mass is 16.4. The van der Waals surface area contributed by atoms with Gasteiger partial charge in [0.1, 0.15) is 0 Å². The van der Waals surface area contributed by atoms with E-state index < -0.39 is 7.12 Å². The molecule has 0 heterocycles. The standard InChI is InChI=1S/C26H19BO2.C2H6/c28-27(29)26-23-15-6-4-13-21(23)25(22-14-5-7-16-24(22)26)20-12-8-11-19(17-20)18-9-2-1-3-10-18;1-2/h1-17,28-29H;1-2H3. The molecule has 0 spiro atoms. The Balaban J connectivity index is 0.00000112. The molecule has 0 saturated carbocycles. The van der Waals surface area contributed by atoms with E-state index in [0.717, 1.165) is 38.2 Å². The van der Waals surface area contributed by atoms with Crippen molar-refractivity contribution in [2.45, 2.75) is 13.8 Å². The number of rotatable bonds is 3. The van der Waals surface area contributed by atoms with E-state index in [2.05, 4.69) is 48.5 Å². The fraction of sp³-hybridized carbons (Fsp3) is 0.0714. The first kappa shape index (κ1) is 20.9. The van der Waals surface area contributed by atoms with E-state index in [4.69, 9.17) is 0 Å². The summed E-state index contributed by atoms with van der Waals surface area (Å²) < 4.78 is 0. The minimum absolute atomic E-state index is 0.555. The Morgan fingerprint density at radius 1 is 0.484 bits per heavy atom. The minimum Gasteiger partial charge on any atom is -0.423 e. The molecule has 31 heavy (non-hydrogen) atoms. The average Bonchev–Trinajstić information content (AvgIpc) is 2.84. The van der Waals surface area contributed by atoms with Gasteiger partial charge in [-0.05, 0) is 55.3 Å². The van der Waals surface area contributed by atoms with E-state index in [1.54, 1.807) is 0 Å². The molecular formula is C28H25BO2. The van der Waals surface area contributed by atoms with Crippen LogP contribution in [0.15, 0.2) is 103 Å². The van der Waals surface area contributed by atoms with Crippen molar-refractivity contribution < 1.29 is 10.0 Å². The summed E-state index contributed by atoms with van der Waals surface area (Å²) >= 11 is 0. The van der Waals surface area contributed by atoms with Gasteiger partial charge in [0.2, 0.25) is 0 Å². The molecule has 0 saturated heterocycles. The molecule has 0 unspecified atom stereocenters. The predicted molar refractivity (Wildman–Crippen MR) is 133 cm³/mol. The Kier molecular flexibility index (Phi) is 6.17. The van der Waals surface area contributed by atoms with Gasteiger partial charge in [-0.15, -0.1) is 0 Å². The van der Waals surface area contributed by atoms with Crippen molar-refractivity contribution in [3.05, 3.63) is 103 Å². The average molecular weight is 404 g/mol. The fourth-order valence-electron chi connectivity index (χ4n) is 4.24. The monoisotopic (exact) mass is 404 g/mol. The van der Waals surface area contributed by atoms with Gasteiger partial charge in [0.15, 0.2) is 0 Å². The molecule has 5 aromatic carbocycles. The van der Waals surface area contributed by atoms with Gasteiger partial charge in [-0.1, -0.05) is 111 Å². The fourth-order valence-corrected chi connectivity index (χ4v) is 4.24. The number of hydrogen-bond donors (Lipinski definition) is 2. The summed E-state index contributed by atoms with van der Waals surface area (Å²) in [6.07, 6.45) is 0. The topological polar surface area (TPSA) is 40.5 Å². The third kappa shape index (κ3) is 3.86. The molecule has 0 aliphatic rings. The van der Waals surface area contributed by atoms with Gasteiger partial charge in [0.05, 0.1) is 0 Å². The predicted octanol–water partition coefficient (Wildman–Crippen LogP) is 6.03. The van der Waals surface area contributed by atoms with Crippen molar-refractivity contribution in [2.75, 3.05) is 0 Å². The number of fused-ring (bicyclic) bond motifs is 2. The highest BCUT2D eigenvalue weighted by Crippen LogP contribution is 2.37. The summed E-state index contributed by atoms with van der Waals surface area (Å²) in [5, 5.41) is 24.0. The van der Waals surface area contributed by atoms with Gasteiger partial charge in [-0.25, -0.2) is 0 Å². The second kappa shape index (κ2) is 9.17. The lowest BCUT2D eigenvalue weighted by Crippen LogP contribution is -2.31. The quantitative estimate of drug-likeness (QED) is 0.285. The summed E-state index contributed by atoms with van der Waals surface area (Å²) in [4.78, 5) is 0. The number of benzene rings is 5. The first-order chi connectivity index (χ1) is 15.2. The first-order valence-corrected chi connectivity index (χ1v) is 10.7. The van der Waals surface area contributed by atoms with Gasteiger partial charge < -0.3 is 10.0 Å². The lowest BCUT2D eigenvalue weighted by Gasteiger charge is -2.17. The molecular weight excluding hydrogens is 379 g/mol. The van der Waals surface area contributed by atoms with Crippen molar-refractivity contribution in [1.82, 2.24) is 0 Å². The number of hydrogen-bond acceptors (Lipinski definition) is 2. The van der Waals surface area contributed by atoms with Crippen LogP contribution in [0.4, 0.5) is 0 Å². The Morgan fingerprint density at radius 2 is 0.935 bits per heavy atom. The van der Waals surface area contributed by atoms with Gasteiger partial charge in [0, 0.05) is 0 Å². The van der Waals surface area contributed by atoms with Crippen LogP contribution in [0.2, 0.25) is 0 Å². The zero-order valence-corrected chi connectivity index (χ0v) is 17.8. The van der Waals surface area contributed by atoms with Crippen LogP contribution < -0.4 is 5.46 Å². The lowest BCUT2D eigenvalue weighted by atomic mass is 9.72. The largest absolute Gasteiger partial charge is 0.489 e. The summed E-state index contributed by atoms with van der Waals surface area (Å²) in [6, 6.07) is 34.8. The summed E-state index contributed by atoms with van der Waals surface area (Å²) in [5.74, 6) is 0. The Hall–Kier alpha value is -3.40. The molecule has 0 atom stereocenters. The second-order valence-electron chi connectivity index (χ2n) is 7.20. The van der Waals surface area contributed by atoms with Crippen molar-refractivity contribution in [3.63, 3.8) is 0 Å². The Bertz CT molecular complexity index is 1270. The molecule has 0 bridgehead atoms. The van der Waals surface area contributed by atoms with Gasteiger partial charge >= 0.3 is 7.12 Å². The smallest absolute Gasteiger partial charge is 0.423 e. The molecule has 5 aromatic rings. The van der Waals surface area contributed by atoms with Crippen molar-refractivity contribution >= 4 is 34.1 Å². The maximum Gasteiger partial charge on any atom is 0.489 e. The van der Waals surface area contributed by atoms with Crippen LogP contribution in [-0.4, -0.2) is 17.2 Å². The zero-order chi connectivity index (χ0) is 21.8. The highest BCUT2D eigenvalue weighted by molar-refractivity contribution is 6.66. The van der Waals surface area contributed by atoms with Gasteiger partial charge in [-0.2, -0.15) is 0 Å². The SMILES string of the molecule is CC.OB(O)c1c2ccccc2c(-c2cccc(-c3ccccc3)c2)c2ccccc12. The third-order valence-corrected chi connectivity index (χ3v) is 5.49. The molecule has 5 rings (SSSR count). The second-order valence-corrected chi connectivity index (χ2v) is 7.20.